The summed E-state index contributed by atoms with van der Waals surface area (Å²) in [6.07, 6.45) is 5.59. The number of aliphatic hydroxyl groups excluding tert-OH is 1. The molecule has 0 aromatic heterocycles. The van der Waals surface area contributed by atoms with Crippen molar-refractivity contribution in [1.82, 2.24) is 0 Å². The molecule has 0 heterocycles. The molecule has 2 aliphatic carbocycles. The second-order valence-electron chi connectivity index (χ2n) is 3.53. The van der Waals surface area contributed by atoms with E-state index in [1.165, 1.54) is 25.7 Å². The topological polar surface area (TPSA) is 20.2 Å². The second kappa shape index (κ2) is 1.98. The van der Waals surface area contributed by atoms with Gasteiger partial charge in [0.15, 0.2) is 0 Å². The molecule has 0 unspecified atom stereocenters. The molecule has 1 nitrogen and oxygen atoms in total. The summed E-state index contributed by atoms with van der Waals surface area (Å²) in [6, 6.07) is 0. The van der Waals surface area contributed by atoms with Gasteiger partial charge in [0, 0.05) is 6.61 Å². The highest BCUT2D eigenvalue weighted by molar-refractivity contribution is 4.92. The fourth-order valence-corrected chi connectivity index (χ4v) is 2.56. The minimum absolute atomic E-state index is 0.446. The van der Waals surface area contributed by atoms with Crippen molar-refractivity contribution in [3.05, 3.63) is 0 Å². The first kappa shape index (κ1) is 5.72. The molecule has 0 aromatic rings. The standard InChI is InChI=1S/C8H14O/c9-5-7-4-6-2-1-3-8(6)7/h6-9H,1-5H2/t6-,7+,8-/m1/s1. The summed E-state index contributed by atoms with van der Waals surface area (Å²) in [5.41, 5.74) is 0. The third-order valence-electron chi connectivity index (χ3n) is 3.16. The Kier molecular flexibility index (Phi) is 1.26. The van der Waals surface area contributed by atoms with Crippen LogP contribution in [0, 0.1) is 17.8 Å². The minimum Gasteiger partial charge on any atom is -0.396 e. The molecule has 2 fully saturated rings. The molecular formula is C8H14O. The molecule has 3 atom stereocenters. The molecular weight excluding hydrogens is 112 g/mol. The van der Waals surface area contributed by atoms with Crippen LogP contribution in [-0.2, 0) is 0 Å². The van der Waals surface area contributed by atoms with Crippen molar-refractivity contribution in [3.63, 3.8) is 0 Å². The maximum atomic E-state index is 8.83. The molecule has 0 amide bonds. The highest BCUT2D eigenvalue weighted by Gasteiger charge is 2.42. The third-order valence-corrected chi connectivity index (χ3v) is 3.16. The number of hydrogen-bond donors (Lipinski definition) is 1. The fourth-order valence-electron chi connectivity index (χ4n) is 2.56. The van der Waals surface area contributed by atoms with Crippen LogP contribution >= 0.6 is 0 Å². The summed E-state index contributed by atoms with van der Waals surface area (Å²) >= 11 is 0. The summed E-state index contributed by atoms with van der Waals surface area (Å²) in [5.74, 6) is 2.63. The summed E-state index contributed by atoms with van der Waals surface area (Å²) in [7, 11) is 0. The molecule has 0 radical (unpaired) electrons. The van der Waals surface area contributed by atoms with Crippen LogP contribution in [0.3, 0.4) is 0 Å². The lowest BCUT2D eigenvalue weighted by Crippen LogP contribution is -2.34. The van der Waals surface area contributed by atoms with Gasteiger partial charge in [0.25, 0.3) is 0 Å². The normalized spacial score (nSPS) is 48.3. The van der Waals surface area contributed by atoms with Gasteiger partial charge < -0.3 is 5.11 Å². The Labute approximate surface area is 56.1 Å². The monoisotopic (exact) mass is 126 g/mol. The Morgan fingerprint density at radius 1 is 1.33 bits per heavy atom. The van der Waals surface area contributed by atoms with E-state index in [-0.39, 0.29) is 0 Å². The smallest absolute Gasteiger partial charge is 0.0462 e. The quantitative estimate of drug-likeness (QED) is 0.563. The SMILES string of the molecule is OC[C@@H]1C[C@H]2CCC[C@@H]12. The van der Waals surface area contributed by atoms with Crippen LogP contribution in [-0.4, -0.2) is 11.7 Å². The molecule has 1 N–H and O–H groups in total. The maximum absolute atomic E-state index is 8.83. The van der Waals surface area contributed by atoms with Crippen molar-refractivity contribution in [2.75, 3.05) is 6.61 Å². The van der Waals surface area contributed by atoms with Crippen LogP contribution < -0.4 is 0 Å². The molecule has 0 aliphatic heterocycles. The zero-order chi connectivity index (χ0) is 6.27. The van der Waals surface area contributed by atoms with E-state index in [9.17, 15) is 0 Å². The van der Waals surface area contributed by atoms with Crippen LogP contribution in [0.25, 0.3) is 0 Å². The highest BCUT2D eigenvalue weighted by atomic mass is 16.3. The zero-order valence-electron chi connectivity index (χ0n) is 5.71. The molecule has 0 aromatic carbocycles. The van der Waals surface area contributed by atoms with Crippen molar-refractivity contribution < 1.29 is 5.11 Å². The zero-order valence-corrected chi connectivity index (χ0v) is 5.71. The summed E-state index contributed by atoms with van der Waals surface area (Å²) in [6.45, 7) is 0.446. The van der Waals surface area contributed by atoms with Gasteiger partial charge in [0.2, 0.25) is 0 Å². The first-order valence-corrected chi connectivity index (χ1v) is 4.02. The van der Waals surface area contributed by atoms with Gasteiger partial charge >= 0.3 is 0 Å². The van der Waals surface area contributed by atoms with E-state index in [0.717, 1.165) is 11.8 Å². The van der Waals surface area contributed by atoms with Crippen molar-refractivity contribution in [2.45, 2.75) is 25.7 Å². The van der Waals surface area contributed by atoms with Crippen LogP contribution in [0.15, 0.2) is 0 Å². The molecule has 2 saturated carbocycles. The molecule has 0 saturated heterocycles. The Morgan fingerprint density at radius 2 is 2.22 bits per heavy atom. The van der Waals surface area contributed by atoms with Crippen LogP contribution in [0.5, 0.6) is 0 Å². The van der Waals surface area contributed by atoms with Gasteiger partial charge in [0.1, 0.15) is 0 Å². The van der Waals surface area contributed by atoms with E-state index < -0.39 is 0 Å². The van der Waals surface area contributed by atoms with Gasteiger partial charge in [-0.25, -0.2) is 0 Å². The van der Waals surface area contributed by atoms with Crippen LogP contribution in [0.2, 0.25) is 0 Å². The molecule has 0 spiro atoms. The average Bonchev–Trinajstić information content (AvgIpc) is 2.14. The third kappa shape index (κ3) is 0.710. The minimum atomic E-state index is 0.446. The van der Waals surface area contributed by atoms with E-state index in [0.29, 0.717) is 12.5 Å². The Hall–Kier alpha value is -0.0400. The largest absolute Gasteiger partial charge is 0.396 e. The summed E-state index contributed by atoms with van der Waals surface area (Å²) in [5, 5.41) is 8.83. The van der Waals surface area contributed by atoms with Gasteiger partial charge in [0.05, 0.1) is 0 Å². The van der Waals surface area contributed by atoms with Gasteiger partial charge in [-0.05, 0) is 30.6 Å². The fraction of sp³-hybridized carbons (Fsp3) is 1.00. The van der Waals surface area contributed by atoms with Gasteiger partial charge in [-0.2, -0.15) is 0 Å². The predicted octanol–water partition coefficient (Wildman–Crippen LogP) is 1.41. The van der Waals surface area contributed by atoms with E-state index in [2.05, 4.69) is 0 Å². The molecule has 52 valence electrons. The van der Waals surface area contributed by atoms with E-state index >= 15 is 0 Å². The van der Waals surface area contributed by atoms with E-state index in [1.807, 2.05) is 0 Å². The maximum Gasteiger partial charge on any atom is 0.0462 e. The lowest BCUT2D eigenvalue weighted by atomic mass is 9.67. The lowest BCUT2D eigenvalue weighted by Gasteiger charge is -2.39. The van der Waals surface area contributed by atoms with Gasteiger partial charge in [-0.1, -0.05) is 12.8 Å². The Bertz CT molecular complexity index is 111. The molecule has 9 heavy (non-hydrogen) atoms. The first-order valence-electron chi connectivity index (χ1n) is 4.02. The van der Waals surface area contributed by atoms with Gasteiger partial charge in [-0.15, -0.1) is 0 Å². The molecule has 2 aliphatic rings. The van der Waals surface area contributed by atoms with Crippen LogP contribution in [0.1, 0.15) is 25.7 Å². The van der Waals surface area contributed by atoms with Crippen molar-refractivity contribution in [3.8, 4) is 0 Å². The molecule has 1 heteroatoms. The van der Waals surface area contributed by atoms with Crippen molar-refractivity contribution in [1.29, 1.82) is 0 Å². The number of fused-ring (bicyclic) bond motifs is 1. The predicted molar refractivity (Wildman–Crippen MR) is 36.0 cm³/mol. The van der Waals surface area contributed by atoms with E-state index in [4.69, 9.17) is 5.11 Å². The number of aliphatic hydroxyl groups is 1. The molecule has 0 bridgehead atoms. The Morgan fingerprint density at radius 3 is 2.89 bits per heavy atom. The van der Waals surface area contributed by atoms with E-state index in [1.54, 1.807) is 0 Å². The average molecular weight is 126 g/mol. The molecule has 2 rings (SSSR count). The first-order chi connectivity index (χ1) is 4.42. The van der Waals surface area contributed by atoms with Gasteiger partial charge in [-0.3, -0.25) is 0 Å². The van der Waals surface area contributed by atoms with Crippen LogP contribution in [0.4, 0.5) is 0 Å². The summed E-state index contributed by atoms with van der Waals surface area (Å²) in [4.78, 5) is 0. The second-order valence-corrected chi connectivity index (χ2v) is 3.53. The Balaban J connectivity index is 1.93. The summed E-state index contributed by atoms with van der Waals surface area (Å²) < 4.78 is 0. The van der Waals surface area contributed by atoms with Crippen molar-refractivity contribution in [2.24, 2.45) is 17.8 Å². The number of rotatable bonds is 1. The number of hydrogen-bond acceptors (Lipinski definition) is 1. The lowest BCUT2D eigenvalue weighted by molar-refractivity contribution is 0.0454. The highest BCUT2D eigenvalue weighted by Crippen LogP contribution is 2.50. The van der Waals surface area contributed by atoms with Crippen molar-refractivity contribution >= 4 is 0 Å².